The van der Waals surface area contributed by atoms with E-state index in [0.717, 1.165) is 5.56 Å². The summed E-state index contributed by atoms with van der Waals surface area (Å²) >= 11 is 5.75. The lowest BCUT2D eigenvalue weighted by atomic mass is 10.2. The third-order valence-corrected chi connectivity index (χ3v) is 1.78. The van der Waals surface area contributed by atoms with Crippen LogP contribution in [-0.2, 0) is 4.79 Å². The molecule has 1 rings (SSSR count). The Hall–Kier alpha value is -1.02. The lowest BCUT2D eigenvalue weighted by Crippen LogP contribution is -1.93. The van der Waals surface area contributed by atoms with Gasteiger partial charge < -0.3 is 5.32 Å². The Kier molecular flexibility index (Phi) is 2.49. The molecule has 11 heavy (non-hydrogen) atoms. The highest BCUT2D eigenvalue weighted by Gasteiger charge is 1.95. The molecule has 0 bridgehead atoms. The SMILES string of the molecule is Cc1cc(N[C]=O)ccc1Cl. The largest absolute Gasteiger partial charge is 0.318 e. The summed E-state index contributed by atoms with van der Waals surface area (Å²) in [5.41, 5.74) is 1.65. The Labute approximate surface area is 70.2 Å². The van der Waals surface area contributed by atoms with Crippen molar-refractivity contribution in [2.75, 3.05) is 5.32 Å². The number of hydrogen-bond donors (Lipinski definition) is 1. The molecule has 0 saturated heterocycles. The van der Waals surface area contributed by atoms with Gasteiger partial charge in [-0.3, -0.25) is 4.79 Å². The molecule has 57 valence electrons. The zero-order valence-electron chi connectivity index (χ0n) is 6.02. The van der Waals surface area contributed by atoms with E-state index in [1.54, 1.807) is 24.6 Å². The van der Waals surface area contributed by atoms with Crippen molar-refractivity contribution in [3.63, 3.8) is 0 Å². The van der Waals surface area contributed by atoms with Gasteiger partial charge in [0.1, 0.15) is 0 Å². The van der Waals surface area contributed by atoms with Crippen molar-refractivity contribution in [3.05, 3.63) is 28.8 Å². The fourth-order valence-corrected chi connectivity index (χ4v) is 0.899. The molecule has 1 aromatic carbocycles. The van der Waals surface area contributed by atoms with Crippen molar-refractivity contribution in [3.8, 4) is 0 Å². The first-order valence-electron chi connectivity index (χ1n) is 3.13. The van der Waals surface area contributed by atoms with Gasteiger partial charge in [0, 0.05) is 10.7 Å². The number of halogens is 1. The molecule has 1 aromatic rings. The minimum atomic E-state index is 0.696. The second-order valence-corrected chi connectivity index (χ2v) is 2.60. The Morgan fingerprint density at radius 1 is 1.55 bits per heavy atom. The summed E-state index contributed by atoms with van der Waals surface area (Å²) in [7, 11) is 0. The van der Waals surface area contributed by atoms with Gasteiger partial charge in [0.15, 0.2) is 0 Å². The van der Waals surface area contributed by atoms with Gasteiger partial charge >= 0.3 is 6.41 Å². The molecule has 0 spiro atoms. The van der Waals surface area contributed by atoms with Crippen LogP contribution in [0, 0.1) is 6.92 Å². The van der Waals surface area contributed by atoms with Crippen LogP contribution in [0.2, 0.25) is 5.02 Å². The Balaban J connectivity index is 2.95. The highest BCUT2D eigenvalue weighted by molar-refractivity contribution is 6.31. The predicted molar refractivity (Wildman–Crippen MR) is 45.5 cm³/mol. The molecule has 0 fully saturated rings. The van der Waals surface area contributed by atoms with E-state index in [2.05, 4.69) is 5.32 Å². The summed E-state index contributed by atoms with van der Waals surface area (Å²) in [5, 5.41) is 3.11. The maximum absolute atomic E-state index is 9.90. The van der Waals surface area contributed by atoms with Crippen LogP contribution in [0.25, 0.3) is 0 Å². The van der Waals surface area contributed by atoms with Crippen LogP contribution in [0.4, 0.5) is 5.69 Å². The summed E-state index contributed by atoms with van der Waals surface area (Å²) in [6, 6.07) is 5.24. The van der Waals surface area contributed by atoms with E-state index < -0.39 is 0 Å². The van der Waals surface area contributed by atoms with Crippen LogP contribution in [0.3, 0.4) is 0 Å². The number of hydrogen-bond acceptors (Lipinski definition) is 1. The minimum Gasteiger partial charge on any atom is -0.318 e. The molecule has 2 nitrogen and oxygen atoms in total. The first kappa shape index (κ1) is 8.08. The van der Waals surface area contributed by atoms with Gasteiger partial charge in [-0.05, 0) is 30.7 Å². The first-order chi connectivity index (χ1) is 5.24. The van der Waals surface area contributed by atoms with Gasteiger partial charge in [-0.25, -0.2) is 0 Å². The second kappa shape index (κ2) is 3.39. The van der Waals surface area contributed by atoms with Gasteiger partial charge in [0.05, 0.1) is 0 Å². The molecule has 0 aliphatic carbocycles. The maximum Gasteiger partial charge on any atom is 0.314 e. The zero-order valence-corrected chi connectivity index (χ0v) is 6.77. The summed E-state index contributed by atoms with van der Waals surface area (Å²) in [5.74, 6) is 0. The normalized spacial score (nSPS) is 9.27. The molecule has 0 atom stereocenters. The van der Waals surface area contributed by atoms with E-state index in [-0.39, 0.29) is 0 Å². The third-order valence-electron chi connectivity index (χ3n) is 1.35. The quantitative estimate of drug-likeness (QED) is 0.674. The van der Waals surface area contributed by atoms with Crippen LogP contribution < -0.4 is 5.32 Å². The lowest BCUT2D eigenvalue weighted by Gasteiger charge is -2.00. The molecule has 1 N–H and O–H groups in total. The Bertz CT molecular complexity index is 273. The summed E-state index contributed by atoms with van der Waals surface area (Å²) in [6.45, 7) is 1.87. The fraction of sp³-hybridized carbons (Fsp3) is 0.125. The summed E-state index contributed by atoms with van der Waals surface area (Å²) < 4.78 is 0. The number of nitrogens with one attached hydrogen (secondary N) is 1. The third kappa shape index (κ3) is 1.95. The lowest BCUT2D eigenvalue weighted by molar-refractivity contribution is 0.561. The van der Waals surface area contributed by atoms with Crippen molar-refractivity contribution < 1.29 is 4.79 Å². The molecule has 0 saturated carbocycles. The minimum absolute atomic E-state index is 0.696. The topological polar surface area (TPSA) is 29.1 Å². The highest BCUT2D eigenvalue weighted by Crippen LogP contribution is 2.18. The van der Waals surface area contributed by atoms with E-state index in [9.17, 15) is 4.79 Å². The standard InChI is InChI=1S/C8H7ClNO/c1-6-4-7(10-5-11)2-3-8(6)9/h2-4H,1H3,(H,10,11). The molecule has 3 heteroatoms. The molecule has 1 amide bonds. The highest BCUT2D eigenvalue weighted by atomic mass is 35.5. The number of amides is 1. The van der Waals surface area contributed by atoms with E-state index in [4.69, 9.17) is 11.6 Å². The zero-order chi connectivity index (χ0) is 8.27. The molecular weight excluding hydrogens is 162 g/mol. The monoisotopic (exact) mass is 168 g/mol. The van der Waals surface area contributed by atoms with Crippen molar-refractivity contribution in [1.82, 2.24) is 0 Å². The van der Waals surface area contributed by atoms with Crippen LogP contribution >= 0.6 is 11.6 Å². The molecule has 0 heterocycles. The van der Waals surface area contributed by atoms with E-state index >= 15 is 0 Å². The average molecular weight is 169 g/mol. The molecule has 0 aromatic heterocycles. The number of rotatable bonds is 2. The fourth-order valence-electron chi connectivity index (χ4n) is 0.781. The maximum atomic E-state index is 9.90. The molecule has 0 unspecified atom stereocenters. The van der Waals surface area contributed by atoms with Crippen LogP contribution in [0.5, 0.6) is 0 Å². The van der Waals surface area contributed by atoms with Crippen LogP contribution in [-0.4, -0.2) is 6.41 Å². The van der Waals surface area contributed by atoms with Crippen LogP contribution in [0.1, 0.15) is 5.56 Å². The first-order valence-corrected chi connectivity index (χ1v) is 3.51. The second-order valence-electron chi connectivity index (χ2n) is 2.19. The van der Waals surface area contributed by atoms with Gasteiger partial charge in [-0.1, -0.05) is 11.6 Å². The predicted octanol–water partition coefficient (Wildman–Crippen LogP) is 2.13. The molecular formula is C8H7ClNO. The average Bonchev–Trinajstić information content (AvgIpc) is 1.98. The van der Waals surface area contributed by atoms with Crippen molar-refractivity contribution in [1.29, 1.82) is 0 Å². The summed E-state index contributed by atoms with van der Waals surface area (Å²) in [6.07, 6.45) is 1.59. The van der Waals surface area contributed by atoms with Gasteiger partial charge in [0.2, 0.25) is 0 Å². The number of carbonyl (C=O) groups excluding carboxylic acids is 1. The number of benzene rings is 1. The van der Waals surface area contributed by atoms with Crippen LogP contribution in [0.15, 0.2) is 18.2 Å². The van der Waals surface area contributed by atoms with Crippen molar-refractivity contribution >= 4 is 23.7 Å². The van der Waals surface area contributed by atoms with E-state index in [0.29, 0.717) is 10.7 Å². The van der Waals surface area contributed by atoms with Crippen molar-refractivity contribution in [2.24, 2.45) is 0 Å². The number of anilines is 1. The molecule has 0 aliphatic heterocycles. The van der Waals surface area contributed by atoms with E-state index in [1.165, 1.54) is 0 Å². The van der Waals surface area contributed by atoms with Gasteiger partial charge in [-0.2, -0.15) is 0 Å². The van der Waals surface area contributed by atoms with Gasteiger partial charge in [0.25, 0.3) is 0 Å². The summed E-state index contributed by atoms with van der Waals surface area (Å²) in [4.78, 5) is 9.90. The van der Waals surface area contributed by atoms with Gasteiger partial charge in [-0.15, -0.1) is 0 Å². The molecule has 0 aliphatic rings. The Morgan fingerprint density at radius 3 is 2.82 bits per heavy atom. The Morgan fingerprint density at radius 2 is 2.27 bits per heavy atom. The van der Waals surface area contributed by atoms with Crippen molar-refractivity contribution in [2.45, 2.75) is 6.92 Å². The number of aryl methyl sites for hydroxylation is 1. The van der Waals surface area contributed by atoms with E-state index in [1.807, 2.05) is 6.92 Å². The smallest absolute Gasteiger partial charge is 0.314 e. The molecule has 1 radical (unpaired) electrons.